The van der Waals surface area contributed by atoms with Gasteiger partial charge in [0.25, 0.3) is 5.91 Å². The van der Waals surface area contributed by atoms with Crippen LogP contribution >= 0.6 is 0 Å². The summed E-state index contributed by atoms with van der Waals surface area (Å²) in [6.45, 7) is 4.00. The monoisotopic (exact) mass is 612 g/mol. The number of amides is 1. The molecule has 0 aliphatic rings. The van der Waals surface area contributed by atoms with E-state index in [-0.39, 0.29) is 36.5 Å². The summed E-state index contributed by atoms with van der Waals surface area (Å²) in [7, 11) is 0. The molecule has 2 heterocycles. The van der Waals surface area contributed by atoms with Gasteiger partial charge in [0.1, 0.15) is 48.1 Å². The zero-order chi connectivity index (χ0) is 32.2. The summed E-state index contributed by atoms with van der Waals surface area (Å²) in [5.74, 6) is -0.699. The number of carbonyl (C=O) groups is 3. The molecule has 2 aromatic heterocycles. The van der Waals surface area contributed by atoms with Crippen LogP contribution in [0.15, 0.2) is 71.8 Å². The number of nitrogens with one attached hydrogen (secondary N) is 3. The largest absolute Gasteiger partial charge is 0.425 e. The summed E-state index contributed by atoms with van der Waals surface area (Å²) in [5.41, 5.74) is 2.87. The Kier molecular flexibility index (Phi) is 11.4. The summed E-state index contributed by atoms with van der Waals surface area (Å²) in [6.07, 6.45) is 2.98. The van der Waals surface area contributed by atoms with Gasteiger partial charge in [-0.15, -0.1) is 0 Å². The Bertz CT molecular complexity index is 1660. The van der Waals surface area contributed by atoms with Crippen LogP contribution in [0.4, 0.5) is 0 Å². The van der Waals surface area contributed by atoms with Crippen LogP contribution < -0.4 is 20.7 Å². The number of aliphatic hydroxyl groups excluding tert-OH is 1. The number of hydrogen-bond donors (Lipinski definition) is 4. The van der Waals surface area contributed by atoms with Crippen LogP contribution in [-0.4, -0.2) is 74.5 Å². The molecule has 0 bridgehead atoms. The van der Waals surface area contributed by atoms with Crippen molar-refractivity contribution in [3.8, 4) is 11.8 Å². The Morgan fingerprint density at radius 3 is 2.62 bits per heavy atom. The van der Waals surface area contributed by atoms with Crippen molar-refractivity contribution >= 4 is 29.9 Å². The smallest absolute Gasteiger partial charge is 0.329 e. The topological polar surface area (TPSA) is 197 Å². The summed E-state index contributed by atoms with van der Waals surface area (Å²) in [4.78, 5) is 41.4. The lowest BCUT2D eigenvalue weighted by molar-refractivity contribution is -0.136. The third-order valence-electron chi connectivity index (χ3n) is 6.56. The number of aliphatic hydroxyl groups is 1. The van der Waals surface area contributed by atoms with E-state index in [1.54, 1.807) is 37.3 Å². The van der Waals surface area contributed by atoms with E-state index in [2.05, 4.69) is 31.2 Å². The molecule has 0 fully saturated rings. The first-order valence-electron chi connectivity index (χ1n) is 13.9. The van der Waals surface area contributed by atoms with Crippen LogP contribution in [-0.2, 0) is 16.1 Å². The number of aryl methyl sites for hydroxylation is 2. The van der Waals surface area contributed by atoms with E-state index in [1.807, 2.05) is 37.3 Å². The molecule has 0 spiro atoms. The van der Waals surface area contributed by atoms with Crippen molar-refractivity contribution < 1.29 is 28.8 Å². The lowest BCUT2D eigenvalue weighted by Crippen LogP contribution is -2.55. The van der Waals surface area contributed by atoms with Crippen LogP contribution in [0.2, 0.25) is 0 Å². The van der Waals surface area contributed by atoms with Gasteiger partial charge in [-0.1, -0.05) is 47.1 Å². The second kappa shape index (κ2) is 15.8. The van der Waals surface area contributed by atoms with Gasteiger partial charge in [0.2, 0.25) is 0 Å². The molecule has 232 valence electrons. The maximum absolute atomic E-state index is 13.4. The number of nitrogens with zero attached hydrogens (tertiary/aromatic N) is 5. The van der Waals surface area contributed by atoms with E-state index in [0.29, 0.717) is 17.9 Å². The number of nitriles is 1. The number of rotatable bonds is 15. The van der Waals surface area contributed by atoms with Gasteiger partial charge in [-0.2, -0.15) is 10.4 Å². The number of aromatic nitrogens is 4. The first-order chi connectivity index (χ1) is 21.7. The molecule has 0 aliphatic heterocycles. The fourth-order valence-corrected chi connectivity index (χ4v) is 4.14. The van der Waals surface area contributed by atoms with E-state index in [0.717, 1.165) is 11.1 Å². The van der Waals surface area contributed by atoms with Gasteiger partial charge in [0, 0.05) is 25.7 Å². The van der Waals surface area contributed by atoms with Gasteiger partial charge in [-0.25, -0.2) is 14.5 Å². The van der Waals surface area contributed by atoms with Crippen LogP contribution in [0.1, 0.15) is 32.9 Å². The number of carbonyl (C=O) groups excluding carboxylic acids is 3. The molecule has 0 radical (unpaired) electrons. The predicted molar refractivity (Wildman–Crippen MR) is 161 cm³/mol. The molecule has 14 nitrogen and oxygen atoms in total. The molecule has 0 saturated carbocycles. The molecule has 0 aliphatic carbocycles. The molecule has 3 atom stereocenters. The highest BCUT2D eigenvalue weighted by molar-refractivity contribution is 5.92. The number of aldehydes is 1. The Labute approximate surface area is 258 Å². The molecular weight excluding hydrogens is 580 g/mol. The molecule has 14 heteroatoms. The summed E-state index contributed by atoms with van der Waals surface area (Å²) < 4.78 is 11.9. The highest BCUT2D eigenvalue weighted by atomic mass is 16.5. The number of esters is 1. The van der Waals surface area contributed by atoms with Crippen molar-refractivity contribution in [2.45, 2.75) is 38.6 Å². The van der Waals surface area contributed by atoms with Crippen molar-refractivity contribution in [3.05, 3.63) is 95.4 Å². The molecule has 45 heavy (non-hydrogen) atoms. The van der Waals surface area contributed by atoms with Gasteiger partial charge >= 0.3 is 5.97 Å². The van der Waals surface area contributed by atoms with Gasteiger partial charge in [-0.05, 0) is 43.2 Å². The lowest BCUT2D eigenvalue weighted by Gasteiger charge is -2.24. The van der Waals surface area contributed by atoms with Crippen LogP contribution in [0.25, 0.3) is 11.8 Å². The number of ether oxygens (including phenoxy) is 1. The highest BCUT2D eigenvalue weighted by Gasteiger charge is 2.27. The minimum Gasteiger partial charge on any atom is -0.425 e. The lowest BCUT2D eigenvalue weighted by atomic mass is 10.1. The molecule has 4 rings (SSSR count). The number of allylic oxidation sites excluding steroid dienone is 1. The maximum atomic E-state index is 13.4. The second-order valence-electron chi connectivity index (χ2n) is 10.1. The molecule has 0 unspecified atom stereocenters. The SMILES string of the molecule is Cc1ccc(CNC[C@H](NC[C@H](NC(=O)c2cc(C)on2)[C@@H](O)C=O)C(=O)Oc2cccc(C=C(C#N)n3cncn3)c2)cc1. The van der Waals surface area contributed by atoms with E-state index < -0.39 is 30.1 Å². The average molecular weight is 613 g/mol. The fraction of sp³-hybridized carbons (Fsp3) is 0.258. The van der Waals surface area contributed by atoms with E-state index in [9.17, 15) is 24.8 Å². The quantitative estimate of drug-likeness (QED) is 0.0653. The van der Waals surface area contributed by atoms with Crippen LogP contribution in [0.3, 0.4) is 0 Å². The van der Waals surface area contributed by atoms with Gasteiger partial charge in [0.05, 0.1) is 6.04 Å². The van der Waals surface area contributed by atoms with Crippen molar-refractivity contribution in [2.75, 3.05) is 13.1 Å². The molecule has 2 aromatic carbocycles. The minimum absolute atomic E-state index is 0.0244. The number of benzene rings is 2. The third kappa shape index (κ3) is 9.50. The van der Waals surface area contributed by atoms with Crippen LogP contribution in [0.5, 0.6) is 5.75 Å². The van der Waals surface area contributed by atoms with E-state index >= 15 is 0 Å². The fourth-order valence-electron chi connectivity index (χ4n) is 4.14. The van der Waals surface area contributed by atoms with E-state index in [4.69, 9.17) is 9.26 Å². The summed E-state index contributed by atoms with van der Waals surface area (Å²) in [5, 5.41) is 36.2. The highest BCUT2D eigenvalue weighted by Crippen LogP contribution is 2.18. The first kappa shape index (κ1) is 32.4. The van der Waals surface area contributed by atoms with Crippen molar-refractivity contribution in [1.82, 2.24) is 35.9 Å². The second-order valence-corrected chi connectivity index (χ2v) is 10.1. The third-order valence-corrected chi connectivity index (χ3v) is 6.56. The predicted octanol–water partition coefficient (Wildman–Crippen LogP) is 1.42. The zero-order valence-electron chi connectivity index (χ0n) is 24.6. The van der Waals surface area contributed by atoms with Gasteiger partial charge in [0.15, 0.2) is 12.0 Å². The van der Waals surface area contributed by atoms with Crippen LogP contribution in [0, 0.1) is 25.2 Å². The summed E-state index contributed by atoms with van der Waals surface area (Å²) in [6, 6.07) is 15.9. The molecule has 1 amide bonds. The Morgan fingerprint density at radius 2 is 1.96 bits per heavy atom. The Morgan fingerprint density at radius 1 is 1.16 bits per heavy atom. The van der Waals surface area contributed by atoms with Crippen molar-refractivity contribution in [1.29, 1.82) is 5.26 Å². The van der Waals surface area contributed by atoms with Gasteiger partial charge in [-0.3, -0.25) is 4.79 Å². The van der Waals surface area contributed by atoms with Crippen molar-refractivity contribution in [2.24, 2.45) is 0 Å². The summed E-state index contributed by atoms with van der Waals surface area (Å²) >= 11 is 0. The molecule has 4 aromatic rings. The maximum Gasteiger partial charge on any atom is 0.329 e. The Hall–Kier alpha value is -5.49. The van der Waals surface area contributed by atoms with Gasteiger partial charge < -0.3 is 35.1 Å². The molecular formula is C31H32N8O6. The average Bonchev–Trinajstić information content (AvgIpc) is 3.74. The first-order valence-corrected chi connectivity index (χ1v) is 13.9. The standard InChI is InChI=1S/C31H32N8O6/c1-20-6-8-22(9-7-20)14-33-15-28(35-16-27(29(41)17-40)37-30(42)26-10-21(2)45-38-26)31(43)44-25-5-3-4-23(12-25)11-24(13-32)39-19-34-18-36-39/h3-12,17-19,27-29,33,35,41H,14-16H2,1-2H3,(H,37,42)/t27-,28-,29-/m0/s1. The zero-order valence-corrected chi connectivity index (χ0v) is 24.6. The minimum atomic E-state index is -1.57. The van der Waals surface area contributed by atoms with E-state index in [1.165, 1.54) is 23.4 Å². The molecule has 0 saturated heterocycles. The number of hydrogen-bond acceptors (Lipinski definition) is 12. The molecule has 4 N–H and O–H groups in total. The normalized spacial score (nSPS) is 13.3. The van der Waals surface area contributed by atoms with Crippen molar-refractivity contribution in [3.63, 3.8) is 0 Å². The Balaban J connectivity index is 1.48.